The van der Waals surface area contributed by atoms with E-state index in [2.05, 4.69) is 16.7 Å². The van der Waals surface area contributed by atoms with Gasteiger partial charge in [-0.05, 0) is 37.3 Å². The molecule has 0 bridgehead atoms. The summed E-state index contributed by atoms with van der Waals surface area (Å²) < 4.78 is 0.873. The lowest BCUT2D eigenvalue weighted by Gasteiger charge is -2.12. The van der Waals surface area contributed by atoms with E-state index in [1.165, 1.54) is 10.4 Å². The first-order valence-electron chi connectivity index (χ1n) is 6.53. The predicted octanol–water partition coefficient (Wildman–Crippen LogP) is 2.65. The summed E-state index contributed by atoms with van der Waals surface area (Å²) in [6.45, 7) is 0.746. The van der Waals surface area contributed by atoms with Crippen molar-refractivity contribution in [3.63, 3.8) is 0 Å². The van der Waals surface area contributed by atoms with Crippen LogP contribution in [-0.2, 0) is 11.2 Å². The number of amides is 1. The van der Waals surface area contributed by atoms with Crippen LogP contribution >= 0.6 is 22.9 Å². The highest BCUT2D eigenvalue weighted by Gasteiger charge is 2.25. The average Bonchev–Trinajstić information content (AvgIpc) is 2.94. The van der Waals surface area contributed by atoms with E-state index in [4.69, 9.17) is 11.6 Å². The second-order valence-corrected chi connectivity index (χ2v) is 6.83. The highest BCUT2D eigenvalue weighted by molar-refractivity contribution is 7.16. The molecular weight excluding hydrogens is 268 g/mol. The maximum Gasteiger partial charge on any atom is 0.221 e. The van der Waals surface area contributed by atoms with E-state index >= 15 is 0 Å². The van der Waals surface area contributed by atoms with Gasteiger partial charge in [-0.25, -0.2) is 0 Å². The first kappa shape index (κ1) is 12.5. The zero-order valence-corrected chi connectivity index (χ0v) is 11.7. The fourth-order valence-electron chi connectivity index (χ4n) is 2.43. The Morgan fingerprint density at radius 3 is 3.06 bits per heavy atom. The van der Waals surface area contributed by atoms with E-state index in [1.807, 2.05) is 0 Å². The highest BCUT2D eigenvalue weighted by atomic mass is 35.5. The van der Waals surface area contributed by atoms with Crippen molar-refractivity contribution in [2.24, 2.45) is 0 Å². The van der Waals surface area contributed by atoms with Gasteiger partial charge in [-0.15, -0.1) is 11.3 Å². The van der Waals surface area contributed by atoms with Crippen LogP contribution in [0.2, 0.25) is 4.34 Å². The highest BCUT2D eigenvalue weighted by Crippen LogP contribution is 2.39. The minimum absolute atomic E-state index is 0.173. The summed E-state index contributed by atoms with van der Waals surface area (Å²) >= 11 is 7.70. The van der Waals surface area contributed by atoms with Crippen molar-refractivity contribution in [1.29, 1.82) is 0 Å². The largest absolute Gasteiger partial charge is 0.353 e. The van der Waals surface area contributed by atoms with Gasteiger partial charge in [-0.2, -0.15) is 0 Å². The van der Waals surface area contributed by atoms with Crippen LogP contribution in [0.15, 0.2) is 6.07 Å². The van der Waals surface area contributed by atoms with Crippen molar-refractivity contribution in [3.05, 3.63) is 20.8 Å². The third-order valence-corrected chi connectivity index (χ3v) is 4.87. The molecule has 1 heterocycles. The molecule has 18 heavy (non-hydrogen) atoms. The summed E-state index contributed by atoms with van der Waals surface area (Å²) in [6, 6.07) is 2.92. The Morgan fingerprint density at radius 1 is 1.44 bits per heavy atom. The second kappa shape index (κ2) is 5.19. The Balaban J connectivity index is 1.44. The molecule has 0 aromatic carbocycles. The Morgan fingerprint density at radius 2 is 2.28 bits per heavy atom. The number of halogens is 1. The van der Waals surface area contributed by atoms with E-state index in [0.717, 1.165) is 36.6 Å². The van der Waals surface area contributed by atoms with Gasteiger partial charge < -0.3 is 10.6 Å². The number of hydrogen-bond acceptors (Lipinski definition) is 3. The molecule has 1 saturated carbocycles. The van der Waals surface area contributed by atoms with Crippen LogP contribution in [0.3, 0.4) is 0 Å². The summed E-state index contributed by atoms with van der Waals surface area (Å²) in [7, 11) is 0. The predicted molar refractivity (Wildman–Crippen MR) is 74.2 cm³/mol. The molecule has 3 nitrogen and oxygen atoms in total. The fourth-order valence-corrected chi connectivity index (χ4v) is 3.79. The second-order valence-electron chi connectivity index (χ2n) is 5.07. The number of carbonyl (C=O) groups is 1. The maximum atomic E-state index is 11.5. The molecule has 1 amide bonds. The van der Waals surface area contributed by atoms with Crippen molar-refractivity contribution < 1.29 is 4.79 Å². The molecule has 98 valence electrons. The van der Waals surface area contributed by atoms with E-state index in [1.54, 1.807) is 11.3 Å². The van der Waals surface area contributed by atoms with Gasteiger partial charge in [-0.1, -0.05) is 11.6 Å². The molecule has 1 atom stereocenters. The molecule has 1 aromatic rings. The Labute approximate surface area is 116 Å². The van der Waals surface area contributed by atoms with Gasteiger partial charge in [0.25, 0.3) is 0 Å². The molecule has 3 rings (SSSR count). The van der Waals surface area contributed by atoms with Crippen LogP contribution < -0.4 is 10.6 Å². The van der Waals surface area contributed by atoms with Crippen molar-refractivity contribution >= 4 is 28.8 Å². The van der Waals surface area contributed by atoms with Crippen LogP contribution in [0.25, 0.3) is 0 Å². The lowest BCUT2D eigenvalue weighted by Crippen LogP contribution is -2.30. The zero-order chi connectivity index (χ0) is 12.5. The molecule has 1 fully saturated rings. The number of hydrogen-bond donors (Lipinski definition) is 2. The van der Waals surface area contributed by atoms with Gasteiger partial charge in [0.2, 0.25) is 5.91 Å². The van der Waals surface area contributed by atoms with Crippen LogP contribution in [-0.4, -0.2) is 18.5 Å². The third-order valence-electron chi connectivity index (χ3n) is 3.53. The molecule has 0 radical (unpaired) electrons. The van der Waals surface area contributed by atoms with Crippen LogP contribution in [0.5, 0.6) is 0 Å². The topological polar surface area (TPSA) is 41.1 Å². The van der Waals surface area contributed by atoms with Crippen molar-refractivity contribution in [2.45, 2.75) is 44.2 Å². The van der Waals surface area contributed by atoms with Crippen molar-refractivity contribution in [3.8, 4) is 0 Å². The summed E-state index contributed by atoms with van der Waals surface area (Å²) in [5.41, 5.74) is 1.34. The lowest BCUT2D eigenvalue weighted by molar-refractivity contribution is -0.121. The van der Waals surface area contributed by atoms with Gasteiger partial charge in [0, 0.05) is 29.9 Å². The standard InChI is InChI=1S/C13H17ClN2OS/c14-12-7-9-10(3-4-11(9)18-12)15-6-5-13(17)16-8-1-2-8/h7-8,10,15H,1-6H2,(H,16,17). The molecule has 2 aliphatic carbocycles. The Bertz CT molecular complexity index is 456. The number of thiophene rings is 1. The van der Waals surface area contributed by atoms with Crippen molar-refractivity contribution in [1.82, 2.24) is 10.6 Å². The summed E-state index contributed by atoms with van der Waals surface area (Å²) in [5.74, 6) is 0.173. The van der Waals surface area contributed by atoms with Gasteiger partial charge in [0.05, 0.1) is 4.34 Å². The average molecular weight is 285 g/mol. The first-order valence-corrected chi connectivity index (χ1v) is 7.72. The number of aryl methyl sites for hydroxylation is 1. The fraction of sp³-hybridized carbons (Fsp3) is 0.615. The smallest absolute Gasteiger partial charge is 0.221 e. The molecule has 2 aliphatic rings. The number of fused-ring (bicyclic) bond motifs is 1. The molecular formula is C13H17ClN2OS. The van der Waals surface area contributed by atoms with Crippen molar-refractivity contribution in [2.75, 3.05) is 6.54 Å². The maximum absolute atomic E-state index is 11.5. The number of nitrogens with one attached hydrogen (secondary N) is 2. The number of carbonyl (C=O) groups excluding carboxylic acids is 1. The van der Waals surface area contributed by atoms with E-state index in [9.17, 15) is 4.79 Å². The summed E-state index contributed by atoms with van der Waals surface area (Å²) in [6.07, 6.45) is 5.11. The van der Waals surface area contributed by atoms with Gasteiger partial charge >= 0.3 is 0 Å². The first-order chi connectivity index (χ1) is 8.72. The minimum Gasteiger partial charge on any atom is -0.353 e. The van der Waals surface area contributed by atoms with Crippen LogP contribution in [0, 0.1) is 0 Å². The monoisotopic (exact) mass is 284 g/mol. The van der Waals surface area contributed by atoms with E-state index in [0.29, 0.717) is 18.5 Å². The Hall–Kier alpha value is -0.580. The summed E-state index contributed by atoms with van der Waals surface area (Å²) in [5, 5.41) is 6.47. The van der Waals surface area contributed by atoms with Gasteiger partial charge in [-0.3, -0.25) is 4.79 Å². The minimum atomic E-state index is 0.173. The zero-order valence-electron chi connectivity index (χ0n) is 10.2. The molecule has 5 heteroatoms. The molecule has 1 unspecified atom stereocenters. The third kappa shape index (κ3) is 2.87. The quantitative estimate of drug-likeness (QED) is 0.873. The molecule has 2 N–H and O–H groups in total. The summed E-state index contributed by atoms with van der Waals surface area (Å²) in [4.78, 5) is 12.9. The van der Waals surface area contributed by atoms with Gasteiger partial charge in [0.15, 0.2) is 0 Å². The van der Waals surface area contributed by atoms with Gasteiger partial charge in [0.1, 0.15) is 0 Å². The number of rotatable bonds is 5. The normalized spacial score (nSPS) is 21.9. The van der Waals surface area contributed by atoms with E-state index in [-0.39, 0.29) is 5.91 Å². The molecule has 1 aromatic heterocycles. The molecule has 0 saturated heterocycles. The molecule has 0 aliphatic heterocycles. The van der Waals surface area contributed by atoms with E-state index < -0.39 is 0 Å². The Kier molecular flexibility index (Phi) is 3.59. The molecule has 0 spiro atoms. The SMILES string of the molecule is O=C(CCNC1CCc2sc(Cl)cc21)NC1CC1. The van der Waals surface area contributed by atoms with Crippen LogP contribution in [0.4, 0.5) is 0 Å². The van der Waals surface area contributed by atoms with Crippen LogP contribution in [0.1, 0.15) is 42.2 Å². The lowest BCUT2D eigenvalue weighted by atomic mass is 10.2.